The highest BCUT2D eigenvalue weighted by molar-refractivity contribution is 5.33. The van der Waals surface area contributed by atoms with Crippen molar-refractivity contribution < 1.29 is 4.74 Å². The van der Waals surface area contributed by atoms with Gasteiger partial charge < -0.3 is 4.74 Å². The molecule has 5 nitrogen and oxygen atoms in total. The third-order valence-corrected chi connectivity index (χ3v) is 1.80. The molecule has 2 rings (SSSR count). The van der Waals surface area contributed by atoms with Crippen molar-refractivity contribution in [3.8, 4) is 11.6 Å². The Morgan fingerprint density at radius 3 is 2.86 bits per heavy atom. The molecule has 0 amide bonds. The first-order valence-corrected chi connectivity index (χ1v) is 4.18. The van der Waals surface area contributed by atoms with Crippen LogP contribution in [0.3, 0.4) is 0 Å². The zero-order valence-electron chi connectivity index (χ0n) is 8.01. The van der Waals surface area contributed by atoms with Crippen molar-refractivity contribution in [2.24, 2.45) is 0 Å². The molecule has 0 radical (unpaired) electrons. The highest BCUT2D eigenvalue weighted by Gasteiger charge is 2.00. The summed E-state index contributed by atoms with van der Waals surface area (Å²) in [4.78, 5) is 8.05. The van der Waals surface area contributed by atoms with Crippen LogP contribution in [0.15, 0.2) is 24.7 Å². The fourth-order valence-electron chi connectivity index (χ4n) is 1.12. The lowest BCUT2D eigenvalue weighted by molar-refractivity contribution is 0.397. The van der Waals surface area contributed by atoms with Gasteiger partial charge in [0.15, 0.2) is 0 Å². The van der Waals surface area contributed by atoms with Gasteiger partial charge in [-0.25, -0.2) is 14.6 Å². The van der Waals surface area contributed by atoms with E-state index in [4.69, 9.17) is 4.74 Å². The quantitative estimate of drug-likeness (QED) is 0.708. The van der Waals surface area contributed by atoms with Gasteiger partial charge in [-0.2, -0.15) is 5.10 Å². The standard InChI is InChI=1S/C9H10N4O/c1-7-11-6-13(12-7)8-3-4-10-9(5-8)14-2/h3-6H,1-2H3. The highest BCUT2D eigenvalue weighted by atomic mass is 16.5. The maximum absolute atomic E-state index is 5.01. The number of rotatable bonds is 2. The molecule has 0 atom stereocenters. The number of aryl methyl sites for hydroxylation is 1. The molecule has 0 spiro atoms. The van der Waals surface area contributed by atoms with E-state index in [0.29, 0.717) is 5.88 Å². The first kappa shape index (κ1) is 8.68. The number of methoxy groups -OCH3 is 1. The third kappa shape index (κ3) is 1.56. The smallest absolute Gasteiger partial charge is 0.215 e. The summed E-state index contributed by atoms with van der Waals surface area (Å²) in [5.41, 5.74) is 0.887. The van der Waals surface area contributed by atoms with Crippen molar-refractivity contribution in [2.75, 3.05) is 7.11 Å². The van der Waals surface area contributed by atoms with Crippen molar-refractivity contribution >= 4 is 0 Å². The number of hydrogen-bond acceptors (Lipinski definition) is 4. The maximum atomic E-state index is 5.01. The zero-order chi connectivity index (χ0) is 9.97. The lowest BCUT2D eigenvalue weighted by Crippen LogP contribution is -1.96. The Labute approximate surface area is 81.4 Å². The Hall–Kier alpha value is -1.91. The SMILES string of the molecule is COc1cc(-n2cnc(C)n2)ccn1. The Kier molecular flexibility index (Phi) is 2.14. The molecule has 0 unspecified atom stereocenters. The first-order chi connectivity index (χ1) is 6.79. The lowest BCUT2D eigenvalue weighted by atomic mass is 10.4. The molecule has 0 aliphatic carbocycles. The average molecular weight is 190 g/mol. The molecule has 0 saturated carbocycles. The van der Waals surface area contributed by atoms with Gasteiger partial charge >= 0.3 is 0 Å². The van der Waals surface area contributed by atoms with Crippen molar-refractivity contribution in [3.63, 3.8) is 0 Å². The van der Waals surface area contributed by atoms with E-state index >= 15 is 0 Å². The van der Waals surface area contributed by atoms with Crippen LogP contribution >= 0.6 is 0 Å². The Morgan fingerprint density at radius 1 is 1.36 bits per heavy atom. The Bertz CT molecular complexity index is 438. The Balaban J connectivity index is 2.41. The van der Waals surface area contributed by atoms with Crippen LogP contribution in [0, 0.1) is 6.92 Å². The molecule has 0 aromatic carbocycles. The van der Waals surface area contributed by atoms with E-state index in [9.17, 15) is 0 Å². The lowest BCUT2D eigenvalue weighted by Gasteiger charge is -2.01. The summed E-state index contributed by atoms with van der Waals surface area (Å²) in [6.07, 6.45) is 3.33. The molecule has 2 aromatic rings. The van der Waals surface area contributed by atoms with Gasteiger partial charge in [0, 0.05) is 12.3 Å². The van der Waals surface area contributed by atoms with E-state index in [0.717, 1.165) is 11.5 Å². The fourth-order valence-corrected chi connectivity index (χ4v) is 1.12. The van der Waals surface area contributed by atoms with Gasteiger partial charge in [-0.1, -0.05) is 0 Å². The topological polar surface area (TPSA) is 52.8 Å². The summed E-state index contributed by atoms with van der Waals surface area (Å²) in [5, 5.41) is 4.18. The number of nitrogens with zero attached hydrogens (tertiary/aromatic N) is 4. The van der Waals surface area contributed by atoms with Gasteiger partial charge in [-0.15, -0.1) is 0 Å². The summed E-state index contributed by atoms with van der Waals surface area (Å²) < 4.78 is 6.69. The predicted octanol–water partition coefficient (Wildman–Crippen LogP) is 0.979. The molecule has 0 bridgehead atoms. The summed E-state index contributed by atoms with van der Waals surface area (Å²) in [6.45, 7) is 1.84. The van der Waals surface area contributed by atoms with Crippen molar-refractivity contribution in [2.45, 2.75) is 6.92 Å². The monoisotopic (exact) mass is 190 g/mol. The van der Waals surface area contributed by atoms with E-state index in [1.54, 1.807) is 30.4 Å². The molecule has 0 fully saturated rings. The maximum Gasteiger partial charge on any atom is 0.215 e. The van der Waals surface area contributed by atoms with E-state index in [1.165, 1.54) is 0 Å². The van der Waals surface area contributed by atoms with E-state index < -0.39 is 0 Å². The average Bonchev–Trinajstić information content (AvgIpc) is 2.65. The molecule has 0 saturated heterocycles. The normalized spacial score (nSPS) is 10.1. The van der Waals surface area contributed by atoms with Gasteiger partial charge in [0.1, 0.15) is 12.2 Å². The van der Waals surface area contributed by atoms with E-state index in [1.807, 2.05) is 13.0 Å². The minimum atomic E-state index is 0.565. The molecule has 5 heteroatoms. The minimum absolute atomic E-state index is 0.565. The molecule has 0 aliphatic heterocycles. The second kappa shape index (κ2) is 3.45. The van der Waals surface area contributed by atoms with Crippen LogP contribution in [0.1, 0.15) is 5.82 Å². The van der Waals surface area contributed by atoms with Crippen molar-refractivity contribution in [1.29, 1.82) is 0 Å². The summed E-state index contributed by atoms with van der Waals surface area (Å²) in [5.74, 6) is 1.30. The van der Waals surface area contributed by atoms with Crippen LogP contribution in [-0.4, -0.2) is 26.9 Å². The van der Waals surface area contributed by atoms with Crippen LogP contribution in [0.5, 0.6) is 5.88 Å². The first-order valence-electron chi connectivity index (χ1n) is 4.18. The van der Waals surface area contributed by atoms with Crippen LogP contribution < -0.4 is 4.74 Å². The molecule has 72 valence electrons. The second-order valence-electron chi connectivity index (χ2n) is 2.79. The molecule has 14 heavy (non-hydrogen) atoms. The van der Waals surface area contributed by atoms with Gasteiger partial charge in [-0.05, 0) is 13.0 Å². The summed E-state index contributed by atoms with van der Waals surface area (Å²) in [6, 6.07) is 3.64. The Morgan fingerprint density at radius 2 is 2.21 bits per heavy atom. The third-order valence-electron chi connectivity index (χ3n) is 1.80. The number of ether oxygens (including phenoxy) is 1. The van der Waals surface area contributed by atoms with Gasteiger partial charge in [0.2, 0.25) is 5.88 Å². The molecule has 0 aliphatic rings. The largest absolute Gasteiger partial charge is 0.481 e. The van der Waals surface area contributed by atoms with Crippen LogP contribution in [0.25, 0.3) is 5.69 Å². The molecular weight excluding hydrogens is 180 g/mol. The molecule has 2 aromatic heterocycles. The van der Waals surface area contributed by atoms with Crippen LogP contribution in [0.2, 0.25) is 0 Å². The number of aromatic nitrogens is 4. The second-order valence-corrected chi connectivity index (χ2v) is 2.79. The van der Waals surface area contributed by atoms with E-state index in [-0.39, 0.29) is 0 Å². The van der Waals surface area contributed by atoms with E-state index in [2.05, 4.69) is 15.1 Å². The van der Waals surface area contributed by atoms with Gasteiger partial charge in [0.05, 0.1) is 12.8 Å². The number of hydrogen-bond donors (Lipinski definition) is 0. The van der Waals surface area contributed by atoms with Crippen LogP contribution in [-0.2, 0) is 0 Å². The minimum Gasteiger partial charge on any atom is -0.481 e. The fraction of sp³-hybridized carbons (Fsp3) is 0.222. The zero-order valence-corrected chi connectivity index (χ0v) is 8.01. The summed E-state index contributed by atoms with van der Waals surface area (Å²) in [7, 11) is 1.58. The molecule has 0 N–H and O–H groups in total. The number of pyridine rings is 1. The molecule has 2 heterocycles. The van der Waals surface area contributed by atoms with Crippen molar-refractivity contribution in [3.05, 3.63) is 30.5 Å². The highest BCUT2D eigenvalue weighted by Crippen LogP contribution is 2.11. The van der Waals surface area contributed by atoms with Gasteiger partial charge in [0.25, 0.3) is 0 Å². The van der Waals surface area contributed by atoms with Gasteiger partial charge in [-0.3, -0.25) is 0 Å². The predicted molar refractivity (Wildman–Crippen MR) is 50.4 cm³/mol. The molecular formula is C9H10N4O. The van der Waals surface area contributed by atoms with Crippen molar-refractivity contribution in [1.82, 2.24) is 19.7 Å². The summed E-state index contributed by atoms with van der Waals surface area (Å²) >= 11 is 0. The van der Waals surface area contributed by atoms with Crippen LogP contribution in [0.4, 0.5) is 0 Å².